The predicted molar refractivity (Wildman–Crippen MR) is 72.2 cm³/mol. The number of allylic oxidation sites excluding steroid dienone is 1. The summed E-state index contributed by atoms with van der Waals surface area (Å²) in [6.07, 6.45) is 2.40. The first-order valence-electron chi connectivity index (χ1n) is 6.39. The van der Waals surface area contributed by atoms with Crippen molar-refractivity contribution >= 4 is 18.0 Å². The molecule has 0 saturated heterocycles. The normalized spacial score (nSPS) is 22.9. The molecule has 0 spiro atoms. The lowest BCUT2D eigenvalue weighted by atomic mass is 9.68. The van der Waals surface area contributed by atoms with E-state index in [-0.39, 0.29) is 23.5 Å². The van der Waals surface area contributed by atoms with Crippen LogP contribution < -0.4 is 0 Å². The fraction of sp³-hybridized carbons (Fsp3) is 0.643. The summed E-state index contributed by atoms with van der Waals surface area (Å²) < 4.78 is 4.72. The van der Waals surface area contributed by atoms with Gasteiger partial charge >= 0.3 is 5.97 Å². The van der Waals surface area contributed by atoms with Crippen LogP contribution in [0.5, 0.6) is 0 Å². The Kier molecular flexibility index (Phi) is 4.86. The molecule has 0 heterocycles. The lowest BCUT2D eigenvalue weighted by molar-refractivity contribution is -0.150. The van der Waals surface area contributed by atoms with E-state index in [0.717, 1.165) is 6.42 Å². The number of ketones is 1. The molecule has 19 heavy (non-hydrogen) atoms. The van der Waals surface area contributed by atoms with Crippen molar-refractivity contribution in [2.24, 2.45) is 16.3 Å². The third kappa shape index (κ3) is 3.22. The van der Waals surface area contributed by atoms with Gasteiger partial charge in [-0.2, -0.15) is 0 Å². The molecular formula is C14H21NO4. The largest absolute Gasteiger partial charge is 0.511 e. The first-order valence-corrected chi connectivity index (χ1v) is 6.39. The highest BCUT2D eigenvalue weighted by Crippen LogP contribution is 2.41. The zero-order valence-electron chi connectivity index (χ0n) is 11.9. The minimum absolute atomic E-state index is 0.128. The molecule has 0 fully saturated rings. The van der Waals surface area contributed by atoms with Crippen molar-refractivity contribution in [1.82, 2.24) is 0 Å². The zero-order chi connectivity index (χ0) is 14.6. The van der Waals surface area contributed by atoms with Gasteiger partial charge in [0.1, 0.15) is 11.7 Å². The Morgan fingerprint density at radius 1 is 1.58 bits per heavy atom. The van der Waals surface area contributed by atoms with Crippen molar-refractivity contribution in [3.63, 3.8) is 0 Å². The smallest absolute Gasteiger partial charge is 0.316 e. The van der Waals surface area contributed by atoms with Crippen LogP contribution in [0.2, 0.25) is 0 Å². The molecule has 1 atom stereocenters. The van der Waals surface area contributed by atoms with Crippen LogP contribution in [0.4, 0.5) is 0 Å². The number of aliphatic hydroxyl groups excluding tert-OH is 1. The minimum Gasteiger partial charge on any atom is -0.511 e. The highest BCUT2D eigenvalue weighted by Gasteiger charge is 2.46. The number of carbonyl (C=O) groups excluding carboxylic acids is 2. The number of carbonyl (C=O) groups is 2. The second-order valence-corrected chi connectivity index (χ2v) is 5.38. The average molecular weight is 267 g/mol. The van der Waals surface area contributed by atoms with Crippen LogP contribution in [0.15, 0.2) is 16.3 Å². The van der Waals surface area contributed by atoms with E-state index in [4.69, 9.17) is 4.74 Å². The molecule has 1 aliphatic carbocycles. The molecule has 0 aromatic rings. The number of hydrogen-bond donors (Lipinski definition) is 1. The Bertz CT molecular complexity index is 435. The number of esters is 1. The van der Waals surface area contributed by atoms with E-state index in [9.17, 15) is 14.7 Å². The molecule has 1 rings (SSSR count). The number of rotatable bonds is 4. The van der Waals surface area contributed by atoms with Gasteiger partial charge in [0.05, 0.1) is 12.7 Å². The Labute approximate surface area is 113 Å². The van der Waals surface area contributed by atoms with Crippen molar-refractivity contribution in [2.45, 2.75) is 33.6 Å². The SMILES string of the molecule is CCCN=CC1=C(O)[C@@H](C(=O)OC)C(C)(C)CC1=O. The van der Waals surface area contributed by atoms with E-state index in [2.05, 4.69) is 4.99 Å². The lowest BCUT2D eigenvalue weighted by Crippen LogP contribution is -2.40. The molecule has 0 aromatic heterocycles. The maximum atomic E-state index is 12.0. The van der Waals surface area contributed by atoms with Crippen LogP contribution in [-0.2, 0) is 14.3 Å². The van der Waals surface area contributed by atoms with Gasteiger partial charge in [0.25, 0.3) is 0 Å². The number of hydrogen-bond acceptors (Lipinski definition) is 5. The molecule has 1 N–H and O–H groups in total. The highest BCUT2D eigenvalue weighted by molar-refractivity contribution is 6.15. The van der Waals surface area contributed by atoms with Crippen LogP contribution in [0.1, 0.15) is 33.6 Å². The predicted octanol–water partition coefficient (Wildman–Crippen LogP) is 2.07. The van der Waals surface area contributed by atoms with Gasteiger partial charge in [-0.1, -0.05) is 20.8 Å². The number of methoxy groups -OCH3 is 1. The topological polar surface area (TPSA) is 76.0 Å². The molecule has 5 heteroatoms. The molecule has 0 unspecified atom stereocenters. The quantitative estimate of drug-likeness (QED) is 0.625. The summed E-state index contributed by atoms with van der Waals surface area (Å²) in [7, 11) is 1.27. The second kappa shape index (κ2) is 5.99. The van der Waals surface area contributed by atoms with E-state index in [1.807, 2.05) is 6.92 Å². The van der Waals surface area contributed by atoms with Crippen molar-refractivity contribution in [3.8, 4) is 0 Å². The van der Waals surface area contributed by atoms with Crippen LogP contribution >= 0.6 is 0 Å². The summed E-state index contributed by atoms with van der Waals surface area (Å²) in [4.78, 5) is 27.9. The molecule has 0 aliphatic heterocycles. The summed E-state index contributed by atoms with van der Waals surface area (Å²) in [6.45, 7) is 6.08. The van der Waals surface area contributed by atoms with E-state index in [1.54, 1.807) is 13.8 Å². The van der Waals surface area contributed by atoms with Gasteiger partial charge in [0.2, 0.25) is 0 Å². The third-order valence-corrected chi connectivity index (χ3v) is 3.26. The summed E-state index contributed by atoms with van der Waals surface area (Å²) in [5, 5.41) is 10.2. The molecule has 1 aliphatic rings. The minimum atomic E-state index is -0.821. The number of aliphatic imine (C=N–C) groups is 1. The fourth-order valence-electron chi connectivity index (χ4n) is 2.25. The van der Waals surface area contributed by atoms with Gasteiger partial charge in [0, 0.05) is 19.2 Å². The van der Waals surface area contributed by atoms with Crippen molar-refractivity contribution in [3.05, 3.63) is 11.3 Å². The van der Waals surface area contributed by atoms with Crippen molar-refractivity contribution < 1.29 is 19.4 Å². The molecule has 0 amide bonds. The van der Waals surface area contributed by atoms with E-state index in [0.29, 0.717) is 6.54 Å². The first kappa shape index (κ1) is 15.4. The Morgan fingerprint density at radius 3 is 2.74 bits per heavy atom. The van der Waals surface area contributed by atoms with Crippen molar-refractivity contribution in [1.29, 1.82) is 0 Å². The molecule has 0 aromatic carbocycles. The van der Waals surface area contributed by atoms with E-state index >= 15 is 0 Å². The highest BCUT2D eigenvalue weighted by atomic mass is 16.5. The van der Waals surface area contributed by atoms with Gasteiger partial charge in [-0.3, -0.25) is 14.6 Å². The standard InChI is InChI=1S/C14H21NO4/c1-5-6-15-8-9-10(16)7-14(2,3)11(12(9)17)13(18)19-4/h8,11,17H,5-7H2,1-4H3/t11-/m0/s1. The van der Waals surface area contributed by atoms with E-state index < -0.39 is 17.3 Å². The summed E-state index contributed by atoms with van der Waals surface area (Å²) in [5.74, 6) is -1.77. The van der Waals surface area contributed by atoms with Gasteiger partial charge in [-0.25, -0.2) is 0 Å². The molecule has 0 bridgehead atoms. The molecular weight excluding hydrogens is 246 g/mol. The van der Waals surface area contributed by atoms with Gasteiger partial charge in [-0.05, 0) is 11.8 Å². The second-order valence-electron chi connectivity index (χ2n) is 5.38. The Morgan fingerprint density at radius 2 is 2.21 bits per heavy atom. The monoisotopic (exact) mass is 267 g/mol. The number of Topliss-reactive ketones (excluding diaryl/α,β-unsaturated/α-hetero) is 1. The molecule has 0 saturated carbocycles. The van der Waals surface area contributed by atoms with Gasteiger partial charge in [-0.15, -0.1) is 0 Å². The first-order chi connectivity index (χ1) is 8.85. The maximum absolute atomic E-state index is 12.0. The van der Waals surface area contributed by atoms with Crippen LogP contribution in [0.3, 0.4) is 0 Å². The molecule has 5 nitrogen and oxygen atoms in total. The number of nitrogens with zero attached hydrogens (tertiary/aromatic N) is 1. The van der Waals surface area contributed by atoms with Crippen LogP contribution in [0.25, 0.3) is 0 Å². The zero-order valence-corrected chi connectivity index (χ0v) is 11.9. The lowest BCUT2D eigenvalue weighted by Gasteiger charge is -2.35. The van der Waals surface area contributed by atoms with E-state index in [1.165, 1.54) is 13.3 Å². The Balaban J connectivity index is 3.19. The van der Waals surface area contributed by atoms with Gasteiger partial charge in [0.15, 0.2) is 5.78 Å². The van der Waals surface area contributed by atoms with Crippen LogP contribution in [0, 0.1) is 11.3 Å². The number of ether oxygens (including phenoxy) is 1. The van der Waals surface area contributed by atoms with Crippen LogP contribution in [-0.4, -0.2) is 36.7 Å². The average Bonchev–Trinajstić information content (AvgIpc) is 2.31. The summed E-state index contributed by atoms with van der Waals surface area (Å²) in [6, 6.07) is 0. The fourth-order valence-corrected chi connectivity index (χ4v) is 2.25. The number of aliphatic hydroxyl groups is 1. The van der Waals surface area contributed by atoms with Gasteiger partial charge < -0.3 is 9.84 Å². The summed E-state index contributed by atoms with van der Waals surface area (Å²) >= 11 is 0. The van der Waals surface area contributed by atoms with Crippen molar-refractivity contribution in [2.75, 3.05) is 13.7 Å². The molecule has 0 radical (unpaired) electrons. The summed E-state index contributed by atoms with van der Waals surface area (Å²) in [5.41, 5.74) is -0.528. The molecule has 106 valence electrons. The Hall–Kier alpha value is -1.65. The maximum Gasteiger partial charge on any atom is 0.316 e. The third-order valence-electron chi connectivity index (χ3n) is 3.26.